The lowest BCUT2D eigenvalue weighted by molar-refractivity contribution is 0.471. The van der Waals surface area contributed by atoms with Crippen LogP contribution in [0.2, 0.25) is 6.82 Å². The maximum atomic E-state index is 9.21. The summed E-state index contributed by atoms with van der Waals surface area (Å²) in [7, 11) is 1.16. The maximum Gasteiger partial charge on any atom is 0.122 e. The van der Waals surface area contributed by atoms with E-state index in [2.05, 4.69) is 6.82 Å². The molecule has 0 aliphatic heterocycles. The second kappa shape index (κ2) is 3.47. The Kier molecular flexibility index (Phi) is 2.58. The smallest absolute Gasteiger partial charge is 0.122 e. The SMILES string of the molecule is CBCc1ccc(O)c(C)c1. The highest BCUT2D eigenvalue weighted by molar-refractivity contribution is 6.32. The highest BCUT2D eigenvalue weighted by Crippen LogP contribution is 2.16. The molecule has 58 valence electrons. The van der Waals surface area contributed by atoms with Gasteiger partial charge in [-0.05, 0) is 18.6 Å². The molecule has 1 N–H and O–H groups in total. The molecule has 1 rings (SSSR count). The van der Waals surface area contributed by atoms with Crippen molar-refractivity contribution in [2.75, 3.05) is 0 Å². The van der Waals surface area contributed by atoms with E-state index in [-0.39, 0.29) is 0 Å². The highest BCUT2D eigenvalue weighted by atomic mass is 16.3. The number of hydrogen-bond donors (Lipinski definition) is 1. The molecule has 0 aromatic heterocycles. The second-order valence-corrected chi connectivity index (χ2v) is 2.87. The number of benzene rings is 1. The van der Waals surface area contributed by atoms with E-state index in [1.54, 1.807) is 6.07 Å². The fourth-order valence-corrected chi connectivity index (χ4v) is 1.16. The van der Waals surface area contributed by atoms with Gasteiger partial charge in [0.2, 0.25) is 0 Å². The molecule has 0 saturated heterocycles. The van der Waals surface area contributed by atoms with Crippen molar-refractivity contribution in [3.63, 3.8) is 0 Å². The first kappa shape index (κ1) is 8.18. The molecule has 0 amide bonds. The molecule has 1 aromatic rings. The van der Waals surface area contributed by atoms with Gasteiger partial charge in [-0.3, -0.25) is 0 Å². The van der Waals surface area contributed by atoms with Gasteiger partial charge in [0.15, 0.2) is 0 Å². The summed E-state index contributed by atoms with van der Waals surface area (Å²) < 4.78 is 0. The van der Waals surface area contributed by atoms with E-state index in [9.17, 15) is 5.11 Å². The van der Waals surface area contributed by atoms with Crippen molar-refractivity contribution in [2.45, 2.75) is 20.1 Å². The van der Waals surface area contributed by atoms with Crippen LogP contribution in [0, 0.1) is 6.92 Å². The van der Waals surface area contributed by atoms with Gasteiger partial charge in [0.05, 0.1) is 0 Å². The van der Waals surface area contributed by atoms with E-state index < -0.39 is 0 Å². The van der Waals surface area contributed by atoms with Crippen LogP contribution in [0.25, 0.3) is 0 Å². The van der Waals surface area contributed by atoms with Crippen LogP contribution in [0.1, 0.15) is 11.1 Å². The van der Waals surface area contributed by atoms with Gasteiger partial charge in [-0.15, -0.1) is 0 Å². The van der Waals surface area contributed by atoms with Crippen LogP contribution in [-0.2, 0) is 6.32 Å². The minimum Gasteiger partial charge on any atom is -0.508 e. The normalized spacial score (nSPS) is 9.64. The number of hydrogen-bond acceptors (Lipinski definition) is 1. The molecule has 0 spiro atoms. The molecule has 0 bridgehead atoms. The molecule has 0 atom stereocenters. The Morgan fingerprint density at radius 1 is 1.45 bits per heavy atom. The standard InChI is InChI=1S/C9H13BO/c1-7-5-8(6-10-2)3-4-9(7)11/h3-5,10-11H,6H2,1-2H3. The molecule has 0 unspecified atom stereocenters. The van der Waals surface area contributed by atoms with Crippen molar-refractivity contribution in [1.82, 2.24) is 0 Å². The highest BCUT2D eigenvalue weighted by Gasteiger charge is 1.96. The summed E-state index contributed by atoms with van der Waals surface area (Å²) in [6.45, 7) is 4.08. The van der Waals surface area contributed by atoms with E-state index in [1.807, 2.05) is 19.1 Å². The van der Waals surface area contributed by atoms with Gasteiger partial charge in [-0.2, -0.15) is 0 Å². The van der Waals surface area contributed by atoms with E-state index in [0.717, 1.165) is 19.2 Å². The van der Waals surface area contributed by atoms with Crippen LogP contribution in [-0.4, -0.2) is 12.4 Å². The molecule has 0 heterocycles. The lowest BCUT2D eigenvalue weighted by Crippen LogP contribution is -1.91. The Hall–Kier alpha value is -0.915. The zero-order valence-corrected chi connectivity index (χ0v) is 7.09. The van der Waals surface area contributed by atoms with Gasteiger partial charge in [0, 0.05) is 0 Å². The summed E-state index contributed by atoms with van der Waals surface area (Å²) in [4.78, 5) is 0. The van der Waals surface area contributed by atoms with Crippen molar-refractivity contribution in [1.29, 1.82) is 0 Å². The van der Waals surface area contributed by atoms with Crippen molar-refractivity contribution < 1.29 is 5.11 Å². The van der Waals surface area contributed by atoms with Gasteiger partial charge in [-0.25, -0.2) is 0 Å². The Bertz CT molecular complexity index is 245. The predicted molar refractivity (Wildman–Crippen MR) is 49.6 cm³/mol. The van der Waals surface area contributed by atoms with E-state index in [1.165, 1.54) is 5.56 Å². The Labute approximate surface area is 68.3 Å². The third kappa shape index (κ3) is 2.00. The van der Waals surface area contributed by atoms with Gasteiger partial charge < -0.3 is 5.11 Å². The lowest BCUT2D eigenvalue weighted by Gasteiger charge is -2.01. The molecule has 0 aliphatic rings. The summed E-state index contributed by atoms with van der Waals surface area (Å²) in [5.74, 6) is 0.393. The molecule has 1 aromatic carbocycles. The summed E-state index contributed by atoms with van der Waals surface area (Å²) in [6.07, 6.45) is 1.10. The van der Waals surface area contributed by atoms with Crippen LogP contribution in [0.3, 0.4) is 0 Å². The summed E-state index contributed by atoms with van der Waals surface area (Å²) in [5.41, 5.74) is 2.28. The first-order valence-corrected chi connectivity index (χ1v) is 4.02. The van der Waals surface area contributed by atoms with E-state index in [4.69, 9.17) is 0 Å². The lowest BCUT2D eigenvalue weighted by atomic mass is 9.75. The zero-order chi connectivity index (χ0) is 8.27. The van der Waals surface area contributed by atoms with Gasteiger partial charge in [0.1, 0.15) is 13.0 Å². The van der Waals surface area contributed by atoms with Crippen LogP contribution < -0.4 is 0 Å². The zero-order valence-electron chi connectivity index (χ0n) is 7.09. The fraction of sp³-hybridized carbons (Fsp3) is 0.333. The van der Waals surface area contributed by atoms with Crippen molar-refractivity contribution >= 4 is 7.28 Å². The van der Waals surface area contributed by atoms with Crippen molar-refractivity contribution in [2.24, 2.45) is 0 Å². The Morgan fingerprint density at radius 3 is 2.73 bits per heavy atom. The largest absolute Gasteiger partial charge is 0.508 e. The molecular weight excluding hydrogens is 135 g/mol. The molecule has 0 radical (unpaired) electrons. The van der Waals surface area contributed by atoms with E-state index >= 15 is 0 Å². The van der Waals surface area contributed by atoms with Gasteiger partial charge >= 0.3 is 0 Å². The average molecular weight is 148 g/mol. The van der Waals surface area contributed by atoms with E-state index in [0.29, 0.717) is 5.75 Å². The summed E-state index contributed by atoms with van der Waals surface area (Å²) in [6, 6.07) is 5.78. The fourth-order valence-electron chi connectivity index (χ4n) is 1.16. The average Bonchev–Trinajstić information content (AvgIpc) is 1.98. The molecule has 1 nitrogen and oxygen atoms in total. The predicted octanol–water partition coefficient (Wildman–Crippen LogP) is 1.69. The molecule has 11 heavy (non-hydrogen) atoms. The van der Waals surface area contributed by atoms with Gasteiger partial charge in [-0.1, -0.05) is 30.8 Å². The monoisotopic (exact) mass is 148 g/mol. The van der Waals surface area contributed by atoms with Crippen LogP contribution in [0.4, 0.5) is 0 Å². The molecule has 0 fully saturated rings. The Balaban J connectivity index is 2.86. The number of aryl methyl sites for hydroxylation is 1. The van der Waals surface area contributed by atoms with Crippen LogP contribution in [0.15, 0.2) is 18.2 Å². The quantitative estimate of drug-likeness (QED) is 0.632. The molecule has 0 saturated carbocycles. The summed E-state index contributed by atoms with van der Waals surface area (Å²) >= 11 is 0. The van der Waals surface area contributed by atoms with Crippen molar-refractivity contribution in [3.8, 4) is 5.75 Å². The third-order valence-electron chi connectivity index (χ3n) is 1.80. The minimum absolute atomic E-state index is 0.393. The van der Waals surface area contributed by atoms with Gasteiger partial charge in [0.25, 0.3) is 0 Å². The number of phenols is 1. The number of aromatic hydroxyl groups is 1. The first-order valence-electron chi connectivity index (χ1n) is 4.02. The number of phenolic OH excluding ortho intramolecular Hbond substituents is 1. The maximum absolute atomic E-state index is 9.21. The molecule has 2 heteroatoms. The van der Waals surface area contributed by atoms with Crippen LogP contribution in [0.5, 0.6) is 5.75 Å². The second-order valence-electron chi connectivity index (χ2n) is 2.87. The minimum atomic E-state index is 0.393. The first-order chi connectivity index (χ1) is 5.24. The topological polar surface area (TPSA) is 20.2 Å². The summed E-state index contributed by atoms with van der Waals surface area (Å²) in [5, 5.41) is 9.21. The third-order valence-corrected chi connectivity index (χ3v) is 1.80. The number of rotatable bonds is 2. The Morgan fingerprint density at radius 2 is 2.18 bits per heavy atom. The molecular formula is C9H13BO. The van der Waals surface area contributed by atoms with Crippen LogP contribution >= 0.6 is 0 Å². The van der Waals surface area contributed by atoms with Crippen molar-refractivity contribution in [3.05, 3.63) is 29.3 Å². The molecule has 0 aliphatic carbocycles.